The van der Waals surface area contributed by atoms with Gasteiger partial charge in [-0.2, -0.15) is 0 Å². The first kappa shape index (κ1) is 18.7. The second kappa shape index (κ2) is 9.02. The molecule has 0 fully saturated rings. The van der Waals surface area contributed by atoms with Crippen molar-refractivity contribution in [3.05, 3.63) is 65.2 Å². The highest BCUT2D eigenvalue weighted by Crippen LogP contribution is 2.21. The van der Waals surface area contributed by atoms with E-state index in [2.05, 4.69) is 17.4 Å². The predicted molar refractivity (Wildman–Crippen MR) is 99.1 cm³/mol. The molecule has 4 nitrogen and oxygen atoms in total. The minimum Gasteiger partial charge on any atom is -0.496 e. The zero-order valence-corrected chi connectivity index (χ0v) is 15.0. The summed E-state index contributed by atoms with van der Waals surface area (Å²) in [4.78, 5) is 23.9. The number of nitrogens with one attached hydrogen (secondary N) is 1. The first-order valence-electron chi connectivity index (χ1n) is 8.50. The Morgan fingerprint density at radius 1 is 1.12 bits per heavy atom. The second-order valence-electron chi connectivity index (χ2n) is 6.25. The molecule has 1 N–H and O–H groups in total. The van der Waals surface area contributed by atoms with E-state index in [1.54, 1.807) is 25.3 Å². The first-order chi connectivity index (χ1) is 12.0. The van der Waals surface area contributed by atoms with Crippen LogP contribution < -0.4 is 10.1 Å². The summed E-state index contributed by atoms with van der Waals surface area (Å²) in [7, 11) is 1.56. The third-order valence-electron chi connectivity index (χ3n) is 4.15. The van der Waals surface area contributed by atoms with Gasteiger partial charge in [0, 0.05) is 17.2 Å². The van der Waals surface area contributed by atoms with E-state index in [0.717, 1.165) is 18.4 Å². The molecule has 0 radical (unpaired) electrons. The highest BCUT2D eigenvalue weighted by molar-refractivity contribution is 5.94. The molecule has 25 heavy (non-hydrogen) atoms. The Balaban J connectivity index is 1.92. The number of ether oxygens (including phenoxy) is 1. The number of methoxy groups -OCH3 is 1. The smallest absolute Gasteiger partial charge is 0.224 e. The van der Waals surface area contributed by atoms with E-state index in [4.69, 9.17) is 4.74 Å². The highest BCUT2D eigenvalue weighted by atomic mass is 16.5. The van der Waals surface area contributed by atoms with E-state index in [1.807, 2.05) is 25.1 Å². The predicted octanol–water partition coefficient (Wildman–Crippen LogP) is 3.58. The molecule has 0 aliphatic rings. The number of rotatable bonds is 8. The van der Waals surface area contributed by atoms with Crippen molar-refractivity contribution >= 4 is 11.7 Å². The van der Waals surface area contributed by atoms with Gasteiger partial charge in [0.2, 0.25) is 5.91 Å². The lowest BCUT2D eigenvalue weighted by Gasteiger charge is -2.15. The topological polar surface area (TPSA) is 55.4 Å². The maximum absolute atomic E-state index is 12.3. The Kier molecular flexibility index (Phi) is 6.75. The molecule has 0 spiro atoms. The maximum Gasteiger partial charge on any atom is 0.224 e. The minimum absolute atomic E-state index is 0.0273. The average Bonchev–Trinajstić information content (AvgIpc) is 2.60. The van der Waals surface area contributed by atoms with Crippen molar-refractivity contribution < 1.29 is 14.3 Å². The summed E-state index contributed by atoms with van der Waals surface area (Å²) in [6, 6.07) is 15.5. The molecule has 4 heteroatoms. The summed E-state index contributed by atoms with van der Waals surface area (Å²) in [5.74, 6) is 0.525. The number of benzene rings is 2. The Morgan fingerprint density at radius 2 is 1.84 bits per heavy atom. The number of carbonyl (C=O) groups excluding carboxylic acids is 2. The van der Waals surface area contributed by atoms with Crippen molar-refractivity contribution in [1.82, 2.24) is 5.32 Å². The van der Waals surface area contributed by atoms with Crippen molar-refractivity contribution in [3.63, 3.8) is 0 Å². The lowest BCUT2D eigenvalue weighted by Crippen LogP contribution is -2.34. The molecule has 1 unspecified atom stereocenters. The van der Waals surface area contributed by atoms with Crippen molar-refractivity contribution in [2.75, 3.05) is 7.11 Å². The van der Waals surface area contributed by atoms with Crippen LogP contribution in [0.1, 0.15) is 41.8 Å². The molecule has 0 aliphatic heterocycles. The quantitative estimate of drug-likeness (QED) is 0.748. The molecule has 2 rings (SSSR count). The lowest BCUT2D eigenvalue weighted by atomic mass is 10.0. The fourth-order valence-corrected chi connectivity index (χ4v) is 2.73. The molecule has 0 saturated carbocycles. The van der Waals surface area contributed by atoms with Crippen molar-refractivity contribution in [2.24, 2.45) is 0 Å². The van der Waals surface area contributed by atoms with Gasteiger partial charge >= 0.3 is 0 Å². The molecule has 0 bridgehead atoms. The van der Waals surface area contributed by atoms with Crippen LogP contribution in [0.4, 0.5) is 0 Å². The van der Waals surface area contributed by atoms with Crippen molar-refractivity contribution in [3.8, 4) is 5.75 Å². The van der Waals surface area contributed by atoms with Gasteiger partial charge in [-0.1, -0.05) is 30.3 Å². The van der Waals surface area contributed by atoms with Crippen LogP contribution in [0.15, 0.2) is 48.5 Å². The van der Waals surface area contributed by atoms with Gasteiger partial charge in [-0.25, -0.2) is 0 Å². The van der Waals surface area contributed by atoms with Crippen LogP contribution in [0, 0.1) is 0 Å². The van der Waals surface area contributed by atoms with E-state index in [0.29, 0.717) is 11.3 Å². The molecule has 0 aliphatic carbocycles. The molecule has 1 amide bonds. The largest absolute Gasteiger partial charge is 0.496 e. The zero-order valence-electron chi connectivity index (χ0n) is 15.0. The SMILES string of the molecule is COc1ccc(C(C)=O)cc1CC(=O)NC(C)CCc1ccccc1. The molecule has 0 heterocycles. The third kappa shape index (κ3) is 5.75. The van der Waals surface area contributed by atoms with Crippen LogP contribution in [-0.2, 0) is 17.6 Å². The highest BCUT2D eigenvalue weighted by Gasteiger charge is 2.13. The molecular weight excluding hydrogens is 314 g/mol. The average molecular weight is 339 g/mol. The van der Waals surface area contributed by atoms with Gasteiger partial charge in [-0.15, -0.1) is 0 Å². The van der Waals surface area contributed by atoms with Gasteiger partial charge in [0.15, 0.2) is 5.78 Å². The van der Waals surface area contributed by atoms with Gasteiger partial charge in [-0.05, 0) is 50.5 Å². The minimum atomic E-state index is -0.0698. The number of ketones is 1. The molecule has 0 saturated heterocycles. The van der Waals surface area contributed by atoms with E-state index in [1.165, 1.54) is 12.5 Å². The van der Waals surface area contributed by atoms with Crippen LogP contribution in [0.5, 0.6) is 5.75 Å². The van der Waals surface area contributed by atoms with Crippen LogP contribution in [0.2, 0.25) is 0 Å². The first-order valence-corrected chi connectivity index (χ1v) is 8.50. The summed E-state index contributed by atoms with van der Waals surface area (Å²) >= 11 is 0. The molecule has 132 valence electrons. The zero-order chi connectivity index (χ0) is 18.2. The van der Waals surface area contributed by atoms with Crippen LogP contribution in [-0.4, -0.2) is 24.8 Å². The Hall–Kier alpha value is -2.62. The molecule has 0 aromatic heterocycles. The molecule has 2 aromatic rings. The van der Waals surface area contributed by atoms with Gasteiger partial charge in [0.1, 0.15) is 5.75 Å². The second-order valence-corrected chi connectivity index (χ2v) is 6.25. The van der Waals surface area contributed by atoms with E-state index in [9.17, 15) is 9.59 Å². The summed E-state index contributed by atoms with van der Waals surface area (Å²) in [5, 5.41) is 3.02. The van der Waals surface area contributed by atoms with Gasteiger partial charge in [-0.3, -0.25) is 9.59 Å². The van der Waals surface area contributed by atoms with Crippen LogP contribution in [0.3, 0.4) is 0 Å². The van der Waals surface area contributed by atoms with E-state index >= 15 is 0 Å². The fourth-order valence-electron chi connectivity index (χ4n) is 2.73. The van der Waals surface area contributed by atoms with Crippen LogP contribution >= 0.6 is 0 Å². The molecule has 1 atom stereocenters. The lowest BCUT2D eigenvalue weighted by molar-refractivity contribution is -0.121. The van der Waals surface area contributed by atoms with E-state index in [-0.39, 0.29) is 24.2 Å². The summed E-state index contributed by atoms with van der Waals surface area (Å²) in [6.07, 6.45) is 1.99. The Labute approximate surface area is 149 Å². The Morgan fingerprint density at radius 3 is 2.48 bits per heavy atom. The third-order valence-corrected chi connectivity index (χ3v) is 4.15. The standard InChI is InChI=1S/C21H25NO3/c1-15(9-10-17-7-5-4-6-8-17)22-21(24)14-19-13-18(16(2)23)11-12-20(19)25-3/h4-8,11-13,15H,9-10,14H2,1-3H3,(H,22,24). The number of carbonyl (C=O) groups is 2. The summed E-state index contributed by atoms with van der Waals surface area (Å²) in [5.41, 5.74) is 2.57. The van der Waals surface area contributed by atoms with Crippen LogP contribution in [0.25, 0.3) is 0 Å². The number of hydrogen-bond donors (Lipinski definition) is 1. The normalized spacial score (nSPS) is 11.6. The van der Waals surface area contributed by atoms with Gasteiger partial charge < -0.3 is 10.1 Å². The number of Topliss-reactive ketones (excluding diaryl/α,β-unsaturated/α-hetero) is 1. The maximum atomic E-state index is 12.3. The van der Waals surface area contributed by atoms with E-state index < -0.39 is 0 Å². The number of hydrogen-bond acceptors (Lipinski definition) is 3. The van der Waals surface area contributed by atoms with Gasteiger partial charge in [0.25, 0.3) is 0 Å². The monoisotopic (exact) mass is 339 g/mol. The van der Waals surface area contributed by atoms with Crippen molar-refractivity contribution in [2.45, 2.75) is 39.2 Å². The number of amides is 1. The molecule has 2 aromatic carbocycles. The number of aryl methyl sites for hydroxylation is 1. The van der Waals surface area contributed by atoms with Gasteiger partial charge in [0.05, 0.1) is 13.5 Å². The summed E-state index contributed by atoms with van der Waals surface area (Å²) < 4.78 is 5.30. The van der Waals surface area contributed by atoms with Crippen molar-refractivity contribution in [1.29, 1.82) is 0 Å². The Bertz CT molecular complexity index is 725. The molecular formula is C21H25NO3. The fraction of sp³-hybridized carbons (Fsp3) is 0.333. The summed E-state index contributed by atoms with van der Waals surface area (Å²) in [6.45, 7) is 3.52.